The maximum Gasteiger partial charge on any atom is 0.134 e. The van der Waals surface area contributed by atoms with Crippen molar-refractivity contribution in [1.29, 1.82) is 0 Å². The van der Waals surface area contributed by atoms with Gasteiger partial charge in [-0.25, -0.2) is 0 Å². The summed E-state index contributed by atoms with van der Waals surface area (Å²) in [6.45, 7) is 2.18. The summed E-state index contributed by atoms with van der Waals surface area (Å²) in [5.74, 6) is 0.787. The van der Waals surface area contributed by atoms with Crippen molar-refractivity contribution in [2.45, 2.75) is 26.1 Å². The van der Waals surface area contributed by atoms with Crippen molar-refractivity contribution in [2.75, 3.05) is 0 Å². The fourth-order valence-corrected chi connectivity index (χ4v) is 1.68. The van der Waals surface area contributed by atoms with Gasteiger partial charge >= 0.3 is 0 Å². The molecule has 0 radical (unpaired) electrons. The number of rotatable bonds is 5. The third kappa shape index (κ3) is 3.56. The molecule has 0 bridgehead atoms. The second-order valence-electron chi connectivity index (χ2n) is 4.37. The number of aliphatic hydroxyl groups is 1. The Morgan fingerprint density at radius 1 is 1.33 bits per heavy atom. The van der Waals surface area contributed by atoms with E-state index in [4.69, 9.17) is 4.74 Å². The Balaban J connectivity index is 1.90. The molecule has 5 nitrogen and oxygen atoms in total. The Morgan fingerprint density at radius 3 is 2.61 bits per heavy atom. The van der Waals surface area contributed by atoms with Crippen molar-refractivity contribution in [3.63, 3.8) is 0 Å². The van der Waals surface area contributed by atoms with E-state index in [0.29, 0.717) is 13.0 Å². The summed E-state index contributed by atoms with van der Waals surface area (Å²) in [6, 6.07) is 7.71. The Morgan fingerprint density at radius 2 is 2.06 bits per heavy atom. The largest absolute Gasteiger partial charge is 0.487 e. The molecule has 1 heterocycles. The van der Waals surface area contributed by atoms with E-state index >= 15 is 0 Å². The van der Waals surface area contributed by atoms with E-state index in [1.165, 1.54) is 0 Å². The number of benzene rings is 1. The van der Waals surface area contributed by atoms with Crippen LogP contribution in [0.5, 0.6) is 5.75 Å². The summed E-state index contributed by atoms with van der Waals surface area (Å²) in [5.41, 5.74) is 1.89. The van der Waals surface area contributed by atoms with Gasteiger partial charge in [-0.3, -0.25) is 4.68 Å². The van der Waals surface area contributed by atoms with E-state index in [9.17, 15) is 5.11 Å². The molecular weight excluding hydrogens is 230 g/mol. The average Bonchev–Trinajstić information content (AvgIpc) is 2.74. The molecule has 96 valence electrons. The summed E-state index contributed by atoms with van der Waals surface area (Å²) in [5, 5.41) is 17.1. The highest BCUT2D eigenvalue weighted by Gasteiger charge is 2.02. The lowest BCUT2D eigenvalue weighted by atomic mass is 10.1. The third-order valence-corrected chi connectivity index (χ3v) is 2.49. The quantitative estimate of drug-likeness (QED) is 0.865. The lowest BCUT2D eigenvalue weighted by Gasteiger charge is -2.07. The molecule has 1 aromatic heterocycles. The number of hydrogen-bond donors (Lipinski definition) is 1. The molecule has 1 unspecified atom stereocenters. The Hall–Kier alpha value is -1.88. The minimum Gasteiger partial charge on any atom is -0.487 e. The molecular formula is C13H17N3O2. The molecule has 1 N–H and O–H groups in total. The van der Waals surface area contributed by atoms with Gasteiger partial charge in [-0.05, 0) is 31.0 Å². The van der Waals surface area contributed by atoms with E-state index in [1.807, 2.05) is 37.5 Å². The molecule has 2 aromatic rings. The van der Waals surface area contributed by atoms with Crippen molar-refractivity contribution < 1.29 is 9.84 Å². The minimum atomic E-state index is -0.323. The number of aryl methyl sites for hydroxylation is 1. The van der Waals surface area contributed by atoms with Crippen molar-refractivity contribution >= 4 is 0 Å². The first-order valence-corrected chi connectivity index (χ1v) is 5.88. The monoisotopic (exact) mass is 247 g/mol. The summed E-state index contributed by atoms with van der Waals surface area (Å²) in [4.78, 5) is 0. The SMILES string of the molecule is CC(O)Cc1ccc(OCc2cn(C)nn2)cc1. The second kappa shape index (κ2) is 5.64. The van der Waals surface area contributed by atoms with E-state index in [0.717, 1.165) is 17.0 Å². The highest BCUT2D eigenvalue weighted by Crippen LogP contribution is 2.14. The highest BCUT2D eigenvalue weighted by atomic mass is 16.5. The van der Waals surface area contributed by atoms with Crippen LogP contribution >= 0.6 is 0 Å². The number of aliphatic hydroxyl groups excluding tert-OH is 1. The van der Waals surface area contributed by atoms with Gasteiger partial charge in [0, 0.05) is 7.05 Å². The van der Waals surface area contributed by atoms with Crippen LogP contribution in [-0.4, -0.2) is 26.2 Å². The van der Waals surface area contributed by atoms with Crippen LogP contribution < -0.4 is 4.74 Å². The fraction of sp³-hybridized carbons (Fsp3) is 0.385. The summed E-state index contributed by atoms with van der Waals surface area (Å²) >= 11 is 0. The minimum absolute atomic E-state index is 0.323. The van der Waals surface area contributed by atoms with E-state index in [1.54, 1.807) is 11.6 Å². The number of hydrogen-bond acceptors (Lipinski definition) is 4. The summed E-state index contributed by atoms with van der Waals surface area (Å²) in [7, 11) is 1.82. The molecule has 0 fully saturated rings. The summed E-state index contributed by atoms with van der Waals surface area (Å²) < 4.78 is 7.23. The Labute approximate surface area is 106 Å². The molecule has 1 aromatic carbocycles. The zero-order chi connectivity index (χ0) is 13.0. The zero-order valence-electron chi connectivity index (χ0n) is 10.6. The van der Waals surface area contributed by atoms with E-state index in [-0.39, 0.29) is 6.10 Å². The highest BCUT2D eigenvalue weighted by molar-refractivity contribution is 5.27. The molecule has 0 saturated heterocycles. The van der Waals surface area contributed by atoms with Gasteiger partial charge in [0.25, 0.3) is 0 Å². The molecule has 0 aliphatic heterocycles. The lowest BCUT2D eigenvalue weighted by Crippen LogP contribution is -2.04. The topological polar surface area (TPSA) is 60.2 Å². The molecule has 0 aliphatic rings. The first kappa shape index (κ1) is 12.6. The van der Waals surface area contributed by atoms with Crippen LogP contribution in [0.4, 0.5) is 0 Å². The smallest absolute Gasteiger partial charge is 0.134 e. The predicted molar refractivity (Wildman–Crippen MR) is 67.2 cm³/mol. The van der Waals surface area contributed by atoms with E-state index < -0.39 is 0 Å². The van der Waals surface area contributed by atoms with Crippen LogP contribution in [0.1, 0.15) is 18.2 Å². The van der Waals surface area contributed by atoms with Crippen LogP contribution in [-0.2, 0) is 20.1 Å². The maximum absolute atomic E-state index is 9.28. The number of nitrogens with zero attached hydrogens (tertiary/aromatic N) is 3. The molecule has 0 saturated carbocycles. The maximum atomic E-state index is 9.28. The van der Waals surface area contributed by atoms with Gasteiger partial charge in [0.1, 0.15) is 18.1 Å². The van der Waals surface area contributed by atoms with Gasteiger partial charge in [-0.2, -0.15) is 0 Å². The van der Waals surface area contributed by atoms with Crippen LogP contribution in [0.3, 0.4) is 0 Å². The standard InChI is InChI=1S/C13H17N3O2/c1-10(17)7-11-3-5-13(6-4-11)18-9-12-8-16(2)15-14-12/h3-6,8,10,17H,7,9H2,1-2H3. The van der Waals surface area contributed by atoms with Crippen LogP contribution in [0.15, 0.2) is 30.5 Å². The van der Waals surface area contributed by atoms with Crippen LogP contribution in [0, 0.1) is 0 Å². The second-order valence-corrected chi connectivity index (χ2v) is 4.37. The van der Waals surface area contributed by atoms with Gasteiger partial charge in [0.2, 0.25) is 0 Å². The first-order valence-electron chi connectivity index (χ1n) is 5.88. The molecule has 0 amide bonds. The van der Waals surface area contributed by atoms with Gasteiger partial charge < -0.3 is 9.84 Å². The number of aromatic nitrogens is 3. The summed E-state index contributed by atoms with van der Waals surface area (Å²) in [6.07, 6.45) is 2.16. The van der Waals surface area contributed by atoms with Crippen molar-refractivity contribution in [2.24, 2.45) is 7.05 Å². The lowest BCUT2D eigenvalue weighted by molar-refractivity contribution is 0.195. The van der Waals surface area contributed by atoms with Crippen molar-refractivity contribution in [3.8, 4) is 5.75 Å². The van der Waals surface area contributed by atoms with Gasteiger partial charge in [0.15, 0.2) is 0 Å². The van der Waals surface area contributed by atoms with Crippen molar-refractivity contribution in [3.05, 3.63) is 41.7 Å². The van der Waals surface area contributed by atoms with Gasteiger partial charge in [-0.1, -0.05) is 17.3 Å². The molecule has 0 aliphatic carbocycles. The molecule has 0 spiro atoms. The van der Waals surface area contributed by atoms with Gasteiger partial charge in [0.05, 0.1) is 12.3 Å². The predicted octanol–water partition coefficient (Wildman–Crippen LogP) is 1.32. The van der Waals surface area contributed by atoms with Crippen LogP contribution in [0.25, 0.3) is 0 Å². The fourth-order valence-electron chi connectivity index (χ4n) is 1.68. The van der Waals surface area contributed by atoms with E-state index in [2.05, 4.69) is 10.3 Å². The molecule has 18 heavy (non-hydrogen) atoms. The number of ether oxygens (including phenoxy) is 1. The normalized spacial score (nSPS) is 12.4. The molecule has 2 rings (SSSR count). The first-order chi connectivity index (χ1) is 8.63. The van der Waals surface area contributed by atoms with Gasteiger partial charge in [-0.15, -0.1) is 5.10 Å². The average molecular weight is 247 g/mol. The third-order valence-electron chi connectivity index (χ3n) is 2.49. The zero-order valence-corrected chi connectivity index (χ0v) is 10.6. The molecule has 1 atom stereocenters. The van der Waals surface area contributed by atoms with Crippen molar-refractivity contribution in [1.82, 2.24) is 15.0 Å². The Bertz CT molecular complexity index is 491. The molecule has 5 heteroatoms. The van der Waals surface area contributed by atoms with Crippen LogP contribution in [0.2, 0.25) is 0 Å². The Kier molecular flexibility index (Phi) is 3.94.